The van der Waals surface area contributed by atoms with Gasteiger partial charge in [-0.1, -0.05) is 18.2 Å². The van der Waals surface area contributed by atoms with E-state index in [2.05, 4.69) is 63.0 Å². The molecular weight excluding hydrogens is 296 g/mol. The molecule has 2 aliphatic rings. The van der Waals surface area contributed by atoms with Crippen molar-refractivity contribution >= 4 is 11.4 Å². The highest BCUT2D eigenvalue weighted by atomic mass is 15.3. The van der Waals surface area contributed by atoms with Crippen molar-refractivity contribution in [2.75, 3.05) is 49.1 Å². The topological polar surface area (TPSA) is 22.6 Å². The third-order valence-electron chi connectivity index (χ3n) is 5.45. The Labute approximate surface area is 144 Å². The highest BCUT2D eigenvalue weighted by molar-refractivity contribution is 5.52. The van der Waals surface area contributed by atoms with Crippen LogP contribution < -0.4 is 9.80 Å². The van der Waals surface area contributed by atoms with E-state index >= 15 is 0 Å². The lowest BCUT2D eigenvalue weighted by Gasteiger charge is -2.39. The Bertz CT molecular complexity index is 664. The highest BCUT2D eigenvalue weighted by Gasteiger charge is 2.30. The monoisotopic (exact) mass is 322 g/mol. The molecule has 4 nitrogen and oxygen atoms in total. The van der Waals surface area contributed by atoms with Gasteiger partial charge in [-0.15, -0.1) is 0 Å². The second-order valence-electron chi connectivity index (χ2n) is 6.91. The van der Waals surface area contributed by atoms with Crippen molar-refractivity contribution in [1.82, 2.24) is 9.88 Å². The SMILES string of the molecule is Cc1cnccc1N1CCN([C@@H]2CCN(c3ccccc3)C2)CC1. The summed E-state index contributed by atoms with van der Waals surface area (Å²) in [5.74, 6) is 0. The molecule has 2 saturated heterocycles. The van der Waals surface area contributed by atoms with Gasteiger partial charge in [-0.3, -0.25) is 9.88 Å². The standard InChI is InChI=1S/C20H26N4/c1-17-15-21-9-7-20(17)23-13-11-22(12-14-23)19-8-10-24(16-19)18-5-3-2-4-6-18/h2-7,9,15,19H,8,10-14,16H2,1H3/t19-/m1/s1. The normalized spacial score (nSPS) is 22.1. The van der Waals surface area contributed by atoms with Crippen LogP contribution in [0.25, 0.3) is 0 Å². The number of pyridine rings is 1. The summed E-state index contributed by atoms with van der Waals surface area (Å²) in [7, 11) is 0. The average molecular weight is 322 g/mol. The van der Waals surface area contributed by atoms with E-state index in [0.29, 0.717) is 6.04 Å². The first-order valence-corrected chi connectivity index (χ1v) is 9.01. The number of rotatable bonds is 3. The molecule has 0 bridgehead atoms. The quantitative estimate of drug-likeness (QED) is 0.866. The maximum atomic E-state index is 4.21. The fraction of sp³-hybridized carbons (Fsp3) is 0.450. The van der Waals surface area contributed by atoms with E-state index in [4.69, 9.17) is 0 Å². The molecule has 2 aliphatic heterocycles. The van der Waals surface area contributed by atoms with E-state index in [1.165, 1.54) is 29.9 Å². The van der Waals surface area contributed by atoms with Crippen molar-refractivity contribution in [3.05, 3.63) is 54.4 Å². The Morgan fingerprint density at radius 1 is 0.917 bits per heavy atom. The number of para-hydroxylation sites is 1. The second-order valence-corrected chi connectivity index (χ2v) is 6.91. The third kappa shape index (κ3) is 3.11. The number of nitrogens with zero attached hydrogens (tertiary/aromatic N) is 4. The molecule has 0 amide bonds. The first-order valence-electron chi connectivity index (χ1n) is 9.01. The predicted molar refractivity (Wildman–Crippen MR) is 99.8 cm³/mol. The van der Waals surface area contributed by atoms with Gasteiger partial charge < -0.3 is 9.80 Å². The number of anilines is 2. The molecule has 1 aromatic heterocycles. The van der Waals surface area contributed by atoms with E-state index in [0.717, 1.165) is 32.7 Å². The molecule has 0 radical (unpaired) electrons. The van der Waals surface area contributed by atoms with Crippen LogP contribution >= 0.6 is 0 Å². The molecule has 1 atom stereocenters. The van der Waals surface area contributed by atoms with Crippen molar-refractivity contribution in [2.24, 2.45) is 0 Å². The lowest BCUT2D eigenvalue weighted by Crippen LogP contribution is -2.51. The number of aromatic nitrogens is 1. The largest absolute Gasteiger partial charge is 0.370 e. The Kier molecular flexibility index (Phi) is 4.39. The Morgan fingerprint density at radius 3 is 2.46 bits per heavy atom. The zero-order valence-electron chi connectivity index (χ0n) is 14.4. The van der Waals surface area contributed by atoms with Crippen molar-refractivity contribution in [2.45, 2.75) is 19.4 Å². The summed E-state index contributed by atoms with van der Waals surface area (Å²) in [6.07, 6.45) is 5.16. The number of aryl methyl sites for hydroxylation is 1. The zero-order chi connectivity index (χ0) is 16.4. The van der Waals surface area contributed by atoms with E-state index < -0.39 is 0 Å². The minimum atomic E-state index is 0.700. The lowest BCUT2D eigenvalue weighted by molar-refractivity contribution is 0.198. The van der Waals surface area contributed by atoms with Gasteiger partial charge >= 0.3 is 0 Å². The van der Waals surface area contributed by atoms with Gasteiger partial charge in [-0.25, -0.2) is 0 Å². The van der Waals surface area contributed by atoms with E-state index in [9.17, 15) is 0 Å². The lowest BCUT2D eigenvalue weighted by atomic mass is 10.1. The first kappa shape index (κ1) is 15.5. The molecule has 0 saturated carbocycles. The van der Waals surface area contributed by atoms with Gasteiger partial charge in [0.1, 0.15) is 0 Å². The highest BCUT2D eigenvalue weighted by Crippen LogP contribution is 2.25. The van der Waals surface area contributed by atoms with Crippen LogP contribution in [-0.2, 0) is 0 Å². The third-order valence-corrected chi connectivity index (χ3v) is 5.45. The van der Waals surface area contributed by atoms with Gasteiger partial charge in [-0.2, -0.15) is 0 Å². The Morgan fingerprint density at radius 2 is 1.71 bits per heavy atom. The van der Waals surface area contributed by atoms with Gasteiger partial charge in [0.25, 0.3) is 0 Å². The van der Waals surface area contributed by atoms with Crippen LogP contribution in [0.1, 0.15) is 12.0 Å². The molecule has 0 unspecified atom stereocenters. The Balaban J connectivity index is 1.35. The van der Waals surface area contributed by atoms with Gasteiger partial charge in [0.15, 0.2) is 0 Å². The first-order chi connectivity index (χ1) is 11.8. The molecule has 1 aromatic carbocycles. The summed E-state index contributed by atoms with van der Waals surface area (Å²) in [6, 6.07) is 13.7. The number of hydrogen-bond donors (Lipinski definition) is 0. The second kappa shape index (κ2) is 6.81. The molecule has 24 heavy (non-hydrogen) atoms. The predicted octanol–water partition coefficient (Wildman–Crippen LogP) is 2.79. The van der Waals surface area contributed by atoms with Crippen LogP contribution in [0.15, 0.2) is 48.8 Å². The molecule has 4 heteroatoms. The number of benzene rings is 1. The van der Waals surface area contributed by atoms with Crippen LogP contribution in [0, 0.1) is 6.92 Å². The summed E-state index contributed by atoms with van der Waals surface area (Å²) in [4.78, 5) is 11.9. The summed E-state index contributed by atoms with van der Waals surface area (Å²) in [5, 5.41) is 0. The van der Waals surface area contributed by atoms with Crippen LogP contribution in [0.3, 0.4) is 0 Å². The van der Waals surface area contributed by atoms with Gasteiger partial charge in [0, 0.05) is 69.1 Å². The van der Waals surface area contributed by atoms with E-state index in [1.54, 1.807) is 0 Å². The van der Waals surface area contributed by atoms with E-state index in [-0.39, 0.29) is 0 Å². The van der Waals surface area contributed by atoms with Crippen molar-refractivity contribution < 1.29 is 0 Å². The average Bonchev–Trinajstić information content (AvgIpc) is 3.13. The summed E-state index contributed by atoms with van der Waals surface area (Å²) < 4.78 is 0. The molecule has 4 rings (SSSR count). The molecule has 2 fully saturated rings. The zero-order valence-corrected chi connectivity index (χ0v) is 14.4. The fourth-order valence-electron chi connectivity index (χ4n) is 4.06. The van der Waals surface area contributed by atoms with Crippen molar-refractivity contribution in [3.8, 4) is 0 Å². The van der Waals surface area contributed by atoms with Crippen molar-refractivity contribution in [3.63, 3.8) is 0 Å². The molecule has 0 N–H and O–H groups in total. The summed E-state index contributed by atoms with van der Waals surface area (Å²) in [6.45, 7) is 9.06. The fourth-order valence-corrected chi connectivity index (χ4v) is 4.06. The van der Waals surface area contributed by atoms with Gasteiger partial charge in [-0.05, 0) is 37.1 Å². The molecular formula is C20H26N4. The van der Waals surface area contributed by atoms with Crippen LogP contribution in [0.5, 0.6) is 0 Å². The Hall–Kier alpha value is -2.07. The molecule has 0 spiro atoms. The maximum absolute atomic E-state index is 4.21. The van der Waals surface area contributed by atoms with Crippen molar-refractivity contribution in [1.29, 1.82) is 0 Å². The molecule has 126 valence electrons. The minimum Gasteiger partial charge on any atom is -0.370 e. The van der Waals surface area contributed by atoms with Crippen LogP contribution in [0.4, 0.5) is 11.4 Å². The summed E-state index contributed by atoms with van der Waals surface area (Å²) in [5.41, 5.74) is 4.00. The smallest absolute Gasteiger partial charge is 0.0427 e. The number of hydrogen-bond acceptors (Lipinski definition) is 4. The maximum Gasteiger partial charge on any atom is 0.0427 e. The molecule has 3 heterocycles. The van der Waals surface area contributed by atoms with Crippen LogP contribution in [-0.4, -0.2) is 55.2 Å². The van der Waals surface area contributed by atoms with Crippen LogP contribution in [0.2, 0.25) is 0 Å². The van der Waals surface area contributed by atoms with Gasteiger partial charge in [0.05, 0.1) is 0 Å². The molecule has 2 aromatic rings. The number of piperazine rings is 1. The minimum absolute atomic E-state index is 0.700. The summed E-state index contributed by atoms with van der Waals surface area (Å²) >= 11 is 0. The van der Waals surface area contributed by atoms with Gasteiger partial charge in [0.2, 0.25) is 0 Å². The van der Waals surface area contributed by atoms with E-state index in [1.807, 2.05) is 12.4 Å². The molecule has 0 aliphatic carbocycles.